The Hall–Kier alpha value is -1.24. The number of thioether (sulfide) groups is 1. The number of aliphatic carboxylic acids is 2. The lowest BCUT2D eigenvalue weighted by Crippen LogP contribution is -2.34. The van der Waals surface area contributed by atoms with Crippen LogP contribution in [0.2, 0.25) is 0 Å². The molecule has 1 aliphatic rings. The Morgan fingerprint density at radius 3 is 2.50 bits per heavy atom. The van der Waals surface area contributed by atoms with E-state index in [1.165, 1.54) is 5.56 Å². The molecule has 22 heavy (non-hydrogen) atoms. The average Bonchev–Trinajstić information content (AvgIpc) is 3.19. The van der Waals surface area contributed by atoms with Gasteiger partial charge in [-0.1, -0.05) is 30.3 Å². The predicted octanol–water partition coefficient (Wildman–Crippen LogP) is 2.45. The quantitative estimate of drug-likeness (QED) is 0.471. The van der Waals surface area contributed by atoms with Crippen LogP contribution in [0.15, 0.2) is 30.3 Å². The predicted molar refractivity (Wildman–Crippen MR) is 85.7 cm³/mol. The molecule has 0 bridgehead atoms. The maximum absolute atomic E-state index is 11.2. The van der Waals surface area contributed by atoms with Crippen molar-refractivity contribution in [2.75, 3.05) is 5.75 Å². The second-order valence-corrected chi connectivity index (χ2v) is 6.68. The van der Waals surface area contributed by atoms with Crippen molar-refractivity contribution in [2.24, 2.45) is 17.8 Å². The SMILES string of the molecule is O=C(O)C(NCl)C1C(CCSCc2ccccc2)C1C(=O)O. The van der Waals surface area contributed by atoms with Gasteiger partial charge in [-0.05, 0) is 35.4 Å². The second kappa shape index (κ2) is 7.85. The Balaban J connectivity index is 1.81. The highest BCUT2D eigenvalue weighted by Gasteiger charge is 2.59. The van der Waals surface area contributed by atoms with Crippen molar-refractivity contribution in [3.8, 4) is 0 Å². The molecule has 4 atom stereocenters. The first kappa shape index (κ1) is 17.1. The molecule has 4 unspecified atom stereocenters. The van der Waals surface area contributed by atoms with Gasteiger partial charge in [0.2, 0.25) is 0 Å². The molecular formula is C15H18ClNO4S. The third-order valence-corrected chi connectivity index (χ3v) is 5.29. The summed E-state index contributed by atoms with van der Waals surface area (Å²) >= 11 is 7.17. The van der Waals surface area contributed by atoms with Crippen LogP contribution in [0, 0.1) is 17.8 Å². The number of carboxylic acid groups (broad SMARTS) is 2. The molecule has 1 aromatic carbocycles. The smallest absolute Gasteiger partial charge is 0.322 e. The van der Waals surface area contributed by atoms with Crippen LogP contribution in [0.1, 0.15) is 12.0 Å². The van der Waals surface area contributed by atoms with Gasteiger partial charge in [-0.25, -0.2) is 4.84 Å². The zero-order valence-corrected chi connectivity index (χ0v) is 13.4. The minimum atomic E-state index is -1.11. The molecule has 1 saturated carbocycles. The summed E-state index contributed by atoms with van der Waals surface area (Å²) in [6.07, 6.45) is 0.682. The van der Waals surface area contributed by atoms with E-state index in [4.69, 9.17) is 16.9 Å². The van der Waals surface area contributed by atoms with Crippen molar-refractivity contribution in [3.05, 3.63) is 35.9 Å². The standard InChI is InChI=1S/C15H18ClNO4S/c16-17-13(15(20)21)11-10(12(11)14(18)19)6-7-22-8-9-4-2-1-3-5-9/h1-5,10-13,17H,6-8H2,(H,18,19)(H,20,21). The summed E-state index contributed by atoms with van der Waals surface area (Å²) in [5.41, 5.74) is 1.22. The molecule has 1 aromatic rings. The maximum atomic E-state index is 11.2. The Labute approximate surface area is 138 Å². The minimum absolute atomic E-state index is 0.131. The topological polar surface area (TPSA) is 86.6 Å². The molecule has 0 radical (unpaired) electrons. The van der Waals surface area contributed by atoms with Crippen LogP contribution in [0.4, 0.5) is 0 Å². The van der Waals surface area contributed by atoms with Gasteiger partial charge in [0.15, 0.2) is 0 Å². The fourth-order valence-corrected chi connectivity index (χ4v) is 4.09. The number of hydrogen-bond acceptors (Lipinski definition) is 4. The van der Waals surface area contributed by atoms with E-state index in [-0.39, 0.29) is 5.92 Å². The lowest BCUT2D eigenvalue weighted by molar-refractivity contribution is -0.140. The zero-order chi connectivity index (χ0) is 16.1. The molecule has 1 aliphatic carbocycles. The van der Waals surface area contributed by atoms with E-state index in [0.717, 1.165) is 11.5 Å². The first-order valence-corrected chi connectivity index (χ1v) is 8.53. The minimum Gasteiger partial charge on any atom is -0.481 e. The molecule has 0 saturated heterocycles. The second-order valence-electron chi connectivity index (χ2n) is 5.36. The highest BCUT2D eigenvalue weighted by Crippen LogP contribution is 2.51. The lowest BCUT2D eigenvalue weighted by atomic mass is 10.1. The Kier molecular flexibility index (Phi) is 6.11. The van der Waals surface area contributed by atoms with E-state index in [9.17, 15) is 14.7 Å². The number of hydrogen-bond donors (Lipinski definition) is 3. The van der Waals surface area contributed by atoms with E-state index in [1.807, 2.05) is 30.3 Å². The van der Waals surface area contributed by atoms with Crippen molar-refractivity contribution >= 4 is 35.5 Å². The van der Waals surface area contributed by atoms with Crippen molar-refractivity contribution in [2.45, 2.75) is 18.2 Å². The van der Waals surface area contributed by atoms with Crippen LogP contribution in [0.3, 0.4) is 0 Å². The molecule has 1 fully saturated rings. The van der Waals surface area contributed by atoms with Crippen LogP contribution >= 0.6 is 23.5 Å². The summed E-state index contributed by atoms with van der Waals surface area (Å²) in [5.74, 6) is -1.57. The molecule has 0 amide bonds. The third kappa shape index (κ3) is 4.15. The summed E-state index contributed by atoms with van der Waals surface area (Å²) < 4.78 is 0. The fraction of sp³-hybridized carbons (Fsp3) is 0.467. The molecule has 2 rings (SSSR count). The van der Waals surface area contributed by atoms with E-state index in [2.05, 4.69) is 4.84 Å². The summed E-state index contributed by atoms with van der Waals surface area (Å²) in [7, 11) is 0. The van der Waals surface area contributed by atoms with Crippen molar-refractivity contribution < 1.29 is 19.8 Å². The zero-order valence-electron chi connectivity index (χ0n) is 11.8. The van der Waals surface area contributed by atoms with Crippen LogP contribution in [-0.2, 0) is 15.3 Å². The van der Waals surface area contributed by atoms with Gasteiger partial charge in [0.1, 0.15) is 6.04 Å². The van der Waals surface area contributed by atoms with Crippen LogP contribution in [0.5, 0.6) is 0 Å². The summed E-state index contributed by atoms with van der Waals surface area (Å²) in [6.45, 7) is 0. The number of halogens is 1. The monoisotopic (exact) mass is 343 g/mol. The van der Waals surface area contributed by atoms with E-state index in [0.29, 0.717) is 6.42 Å². The normalized spacial score (nSPS) is 24.7. The largest absolute Gasteiger partial charge is 0.481 e. The van der Waals surface area contributed by atoms with Gasteiger partial charge in [-0.2, -0.15) is 11.8 Å². The van der Waals surface area contributed by atoms with Crippen molar-refractivity contribution in [3.63, 3.8) is 0 Å². The van der Waals surface area contributed by atoms with Gasteiger partial charge in [0, 0.05) is 11.7 Å². The van der Waals surface area contributed by atoms with Crippen LogP contribution in [0.25, 0.3) is 0 Å². The molecule has 0 heterocycles. The summed E-state index contributed by atoms with van der Waals surface area (Å²) in [4.78, 5) is 24.5. The number of benzene rings is 1. The molecule has 5 nitrogen and oxygen atoms in total. The van der Waals surface area contributed by atoms with Crippen LogP contribution < -0.4 is 4.84 Å². The van der Waals surface area contributed by atoms with Gasteiger partial charge in [-0.15, -0.1) is 0 Å². The van der Waals surface area contributed by atoms with Crippen molar-refractivity contribution in [1.82, 2.24) is 4.84 Å². The molecule has 0 aromatic heterocycles. The van der Waals surface area contributed by atoms with Gasteiger partial charge in [-0.3, -0.25) is 9.59 Å². The van der Waals surface area contributed by atoms with Gasteiger partial charge in [0.05, 0.1) is 5.92 Å². The lowest BCUT2D eigenvalue weighted by Gasteiger charge is -2.08. The number of carboxylic acids is 2. The first-order valence-electron chi connectivity index (χ1n) is 6.99. The molecule has 7 heteroatoms. The fourth-order valence-electron chi connectivity index (χ4n) is 2.84. The summed E-state index contributed by atoms with van der Waals surface area (Å²) in [5, 5.41) is 18.3. The maximum Gasteiger partial charge on any atom is 0.322 e. The Bertz CT molecular complexity index is 528. The third-order valence-electron chi connectivity index (χ3n) is 3.99. The van der Waals surface area contributed by atoms with E-state index in [1.54, 1.807) is 11.8 Å². The van der Waals surface area contributed by atoms with Crippen molar-refractivity contribution in [1.29, 1.82) is 0 Å². The molecule has 3 N–H and O–H groups in total. The van der Waals surface area contributed by atoms with Gasteiger partial charge in [0.25, 0.3) is 0 Å². The average molecular weight is 344 g/mol. The Morgan fingerprint density at radius 1 is 1.27 bits per heavy atom. The highest BCUT2D eigenvalue weighted by atomic mass is 35.5. The van der Waals surface area contributed by atoms with E-state index < -0.39 is 29.8 Å². The number of carbonyl (C=O) groups is 2. The number of nitrogens with one attached hydrogen (secondary N) is 1. The Morgan fingerprint density at radius 2 is 1.95 bits per heavy atom. The molecule has 0 aliphatic heterocycles. The first-order chi connectivity index (χ1) is 10.6. The highest BCUT2D eigenvalue weighted by molar-refractivity contribution is 7.98. The number of rotatable bonds is 9. The molecular weight excluding hydrogens is 326 g/mol. The van der Waals surface area contributed by atoms with Crippen LogP contribution in [-0.4, -0.2) is 33.9 Å². The van der Waals surface area contributed by atoms with Gasteiger partial charge < -0.3 is 10.2 Å². The van der Waals surface area contributed by atoms with Gasteiger partial charge >= 0.3 is 11.9 Å². The van der Waals surface area contributed by atoms with E-state index >= 15 is 0 Å². The molecule has 120 valence electrons. The molecule has 0 spiro atoms. The summed E-state index contributed by atoms with van der Waals surface area (Å²) in [6, 6.07) is 9.02.